The maximum atomic E-state index is 12.3. The Labute approximate surface area is 287 Å². The first kappa shape index (κ1) is 41.2. The average Bonchev–Trinajstić information content (AvgIpc) is 3.08. The van der Waals surface area contributed by atoms with Crippen LogP contribution in [0.2, 0.25) is 12.1 Å². The highest BCUT2D eigenvalue weighted by atomic mass is 28.4. The number of nitrogens with one attached hydrogen (secondary N) is 2. The molecule has 0 saturated heterocycles. The van der Waals surface area contributed by atoms with Crippen LogP contribution in [0.4, 0.5) is 9.59 Å². The van der Waals surface area contributed by atoms with Gasteiger partial charge in [0.1, 0.15) is 13.2 Å². The number of carbonyl (C=O) groups excluding carboxylic acids is 2. The topological polar surface area (TPSA) is 158 Å². The lowest BCUT2D eigenvalue weighted by atomic mass is 10.1. The SMILES string of the molecule is CCO[Si](CCCNC(=O)OCc1ccnc(-c2cc(COC(=O)NCCC[Si](OCC)(OCC)OCC)ccn2)c1)(OCC)OCC. The second kappa shape index (κ2) is 23.4. The largest absolute Gasteiger partial charge is 0.500 e. The molecule has 2 aromatic heterocycles. The zero-order valence-corrected chi connectivity index (χ0v) is 31.3. The van der Waals surface area contributed by atoms with E-state index < -0.39 is 29.8 Å². The van der Waals surface area contributed by atoms with Gasteiger partial charge in [-0.3, -0.25) is 9.97 Å². The Morgan fingerprint density at radius 1 is 0.583 bits per heavy atom. The van der Waals surface area contributed by atoms with Crippen LogP contribution in [0.25, 0.3) is 11.4 Å². The summed E-state index contributed by atoms with van der Waals surface area (Å²) in [7, 11) is -5.51. The van der Waals surface area contributed by atoms with Crippen molar-refractivity contribution in [1.29, 1.82) is 0 Å². The number of hydrogen-bond acceptors (Lipinski definition) is 12. The molecule has 2 heterocycles. The Bertz CT molecular complexity index is 1090. The molecule has 48 heavy (non-hydrogen) atoms. The maximum absolute atomic E-state index is 12.3. The van der Waals surface area contributed by atoms with Crippen molar-refractivity contribution in [2.75, 3.05) is 52.7 Å². The van der Waals surface area contributed by atoms with E-state index in [4.69, 9.17) is 36.0 Å². The third-order valence-corrected chi connectivity index (χ3v) is 13.0. The van der Waals surface area contributed by atoms with Crippen LogP contribution in [-0.2, 0) is 49.2 Å². The van der Waals surface area contributed by atoms with Crippen LogP contribution < -0.4 is 10.6 Å². The number of alkyl carbamates (subject to hydrolysis) is 2. The molecule has 270 valence electrons. The van der Waals surface area contributed by atoms with Gasteiger partial charge >= 0.3 is 29.8 Å². The zero-order chi connectivity index (χ0) is 35.1. The molecular weight excluding hydrogens is 657 g/mol. The molecule has 2 amide bonds. The molecule has 0 spiro atoms. The molecule has 0 aliphatic heterocycles. The number of aromatic nitrogens is 2. The summed E-state index contributed by atoms with van der Waals surface area (Å²) in [6, 6.07) is 8.33. The number of ether oxygens (including phenoxy) is 2. The Morgan fingerprint density at radius 3 is 1.23 bits per heavy atom. The fourth-order valence-electron chi connectivity index (χ4n) is 4.80. The maximum Gasteiger partial charge on any atom is 0.500 e. The fraction of sp³-hybridized carbons (Fsp3) is 0.625. The summed E-state index contributed by atoms with van der Waals surface area (Å²) in [5.74, 6) is 0. The second-order valence-corrected chi connectivity index (χ2v) is 15.7. The molecule has 0 unspecified atom stereocenters. The number of pyridine rings is 2. The molecular formula is C32H54N4O10Si2. The van der Waals surface area contributed by atoms with E-state index in [0.717, 1.165) is 11.1 Å². The van der Waals surface area contributed by atoms with Crippen LogP contribution in [-0.4, -0.2) is 92.5 Å². The predicted molar refractivity (Wildman–Crippen MR) is 184 cm³/mol. The molecule has 2 N–H and O–H groups in total. The summed E-state index contributed by atoms with van der Waals surface area (Å²) < 4.78 is 45.9. The standard InChI is InChI=1S/C32H54N4O10Si2/c1-7-41-47(42-8-2,43-9-3)21-13-17-35-31(37)39-25-27-15-19-33-29(23-27)30-24-28(16-20-34-30)26-40-32(38)36-18-14-22-48(44-10-4,45-11-5)46-12-6/h15-16,19-20,23-24H,7-14,17-18,21-22,25-26H2,1-6H3,(H,35,37)(H,36,38). The molecule has 0 aliphatic carbocycles. The minimum atomic E-state index is -2.76. The summed E-state index contributed by atoms with van der Waals surface area (Å²) in [5.41, 5.74) is 2.69. The molecule has 0 aliphatic rings. The van der Waals surface area contributed by atoms with Gasteiger partial charge in [0.05, 0.1) is 11.4 Å². The zero-order valence-electron chi connectivity index (χ0n) is 29.3. The number of hydrogen-bond donors (Lipinski definition) is 2. The average molecular weight is 711 g/mol. The van der Waals surface area contributed by atoms with Crippen LogP contribution in [0.3, 0.4) is 0 Å². The lowest BCUT2D eigenvalue weighted by Crippen LogP contribution is -2.46. The van der Waals surface area contributed by atoms with E-state index in [-0.39, 0.29) is 13.2 Å². The van der Waals surface area contributed by atoms with E-state index in [0.29, 0.717) is 89.0 Å². The van der Waals surface area contributed by atoms with Gasteiger partial charge in [-0.2, -0.15) is 0 Å². The molecule has 0 bridgehead atoms. The lowest BCUT2D eigenvalue weighted by molar-refractivity contribution is 0.0699. The molecule has 0 radical (unpaired) electrons. The number of nitrogens with zero attached hydrogens (tertiary/aromatic N) is 2. The van der Waals surface area contributed by atoms with Gasteiger partial charge < -0.3 is 46.7 Å². The van der Waals surface area contributed by atoms with E-state index in [2.05, 4.69) is 20.6 Å². The first-order chi connectivity index (χ1) is 23.3. The van der Waals surface area contributed by atoms with Gasteiger partial charge in [-0.05, 0) is 89.8 Å². The lowest BCUT2D eigenvalue weighted by Gasteiger charge is -2.28. The predicted octanol–water partition coefficient (Wildman–Crippen LogP) is 5.47. The van der Waals surface area contributed by atoms with Gasteiger partial charge in [0.15, 0.2) is 0 Å². The number of carbonyl (C=O) groups is 2. The summed E-state index contributed by atoms with van der Waals surface area (Å²) >= 11 is 0. The molecule has 0 aromatic carbocycles. The smallest absolute Gasteiger partial charge is 0.445 e. The summed E-state index contributed by atoms with van der Waals surface area (Å²) in [6.45, 7) is 15.4. The van der Waals surface area contributed by atoms with Crippen molar-refractivity contribution in [3.8, 4) is 11.4 Å². The van der Waals surface area contributed by atoms with E-state index in [1.54, 1.807) is 36.7 Å². The fourth-order valence-corrected chi connectivity index (χ4v) is 10.0. The third-order valence-electron chi connectivity index (χ3n) is 6.69. The molecule has 14 nitrogen and oxygen atoms in total. The molecule has 0 fully saturated rings. The second-order valence-electron chi connectivity index (χ2n) is 10.3. The van der Waals surface area contributed by atoms with E-state index >= 15 is 0 Å². The van der Waals surface area contributed by atoms with Crippen molar-refractivity contribution in [3.05, 3.63) is 47.8 Å². The van der Waals surface area contributed by atoms with Crippen molar-refractivity contribution in [3.63, 3.8) is 0 Å². The van der Waals surface area contributed by atoms with Gasteiger partial charge in [-0.15, -0.1) is 0 Å². The number of amides is 2. The third kappa shape index (κ3) is 15.1. The molecule has 2 rings (SSSR count). The molecule has 16 heteroatoms. The Kier molecular flexibility index (Phi) is 20.1. The van der Waals surface area contributed by atoms with Crippen molar-refractivity contribution in [2.24, 2.45) is 0 Å². The highest BCUT2D eigenvalue weighted by Crippen LogP contribution is 2.20. The van der Waals surface area contributed by atoms with Crippen LogP contribution in [0.15, 0.2) is 36.7 Å². The summed E-state index contributed by atoms with van der Waals surface area (Å²) in [4.78, 5) is 33.5. The highest BCUT2D eigenvalue weighted by Gasteiger charge is 2.40. The summed E-state index contributed by atoms with van der Waals surface area (Å²) in [5, 5.41) is 5.54. The van der Waals surface area contributed by atoms with Crippen LogP contribution in [0.5, 0.6) is 0 Å². The van der Waals surface area contributed by atoms with Gasteiger partial charge in [-0.1, -0.05) is 0 Å². The van der Waals surface area contributed by atoms with E-state index in [1.165, 1.54) is 0 Å². The summed E-state index contributed by atoms with van der Waals surface area (Å²) in [6.07, 6.45) is 3.47. The Morgan fingerprint density at radius 2 is 0.917 bits per heavy atom. The van der Waals surface area contributed by atoms with Crippen molar-refractivity contribution >= 4 is 29.8 Å². The van der Waals surface area contributed by atoms with Crippen molar-refractivity contribution in [2.45, 2.75) is 79.7 Å². The van der Waals surface area contributed by atoms with Gasteiger partial charge in [0, 0.05) is 77.2 Å². The first-order valence-electron chi connectivity index (χ1n) is 16.8. The first-order valence-corrected chi connectivity index (χ1v) is 20.7. The van der Waals surface area contributed by atoms with Gasteiger partial charge in [-0.25, -0.2) is 9.59 Å². The molecule has 2 aromatic rings. The number of rotatable bonds is 25. The van der Waals surface area contributed by atoms with Crippen molar-refractivity contribution in [1.82, 2.24) is 20.6 Å². The quantitative estimate of drug-likeness (QED) is 0.0990. The molecule has 0 atom stereocenters. The monoisotopic (exact) mass is 710 g/mol. The minimum absolute atomic E-state index is 0.0587. The highest BCUT2D eigenvalue weighted by molar-refractivity contribution is 6.61. The normalized spacial score (nSPS) is 11.7. The van der Waals surface area contributed by atoms with Gasteiger partial charge in [0.2, 0.25) is 0 Å². The van der Waals surface area contributed by atoms with Crippen molar-refractivity contribution < 1.29 is 45.6 Å². The van der Waals surface area contributed by atoms with Crippen LogP contribution >= 0.6 is 0 Å². The van der Waals surface area contributed by atoms with Crippen LogP contribution in [0, 0.1) is 0 Å². The van der Waals surface area contributed by atoms with Crippen LogP contribution in [0.1, 0.15) is 65.5 Å². The minimum Gasteiger partial charge on any atom is -0.445 e. The van der Waals surface area contributed by atoms with Gasteiger partial charge in [0.25, 0.3) is 0 Å². The Hall–Kier alpha value is -2.97. The van der Waals surface area contributed by atoms with E-state index in [1.807, 2.05) is 41.5 Å². The van der Waals surface area contributed by atoms with E-state index in [9.17, 15) is 9.59 Å². The molecule has 0 saturated carbocycles. The Balaban J connectivity index is 1.81.